The molecular weight excluding hydrogens is 296 g/mol. The molecule has 3 nitrogen and oxygen atoms in total. The Labute approximate surface area is 139 Å². The molecule has 122 valence electrons. The zero-order valence-electron chi connectivity index (χ0n) is 13.3. The summed E-state index contributed by atoms with van der Waals surface area (Å²) in [7, 11) is 1.93. The summed E-state index contributed by atoms with van der Waals surface area (Å²) in [5, 5.41) is 0. The second kappa shape index (κ2) is 7.47. The van der Waals surface area contributed by atoms with Gasteiger partial charge in [0.1, 0.15) is 0 Å². The average Bonchev–Trinajstić information content (AvgIpc) is 2.47. The molecule has 2 fully saturated rings. The van der Waals surface area contributed by atoms with Crippen molar-refractivity contribution in [2.45, 2.75) is 44.7 Å². The van der Waals surface area contributed by atoms with Crippen LogP contribution in [0, 0.1) is 17.8 Å². The Morgan fingerprint density at radius 1 is 1.18 bits per heavy atom. The van der Waals surface area contributed by atoms with Crippen molar-refractivity contribution in [1.29, 1.82) is 0 Å². The Balaban J connectivity index is 0.00000176. The minimum atomic E-state index is 0. The van der Waals surface area contributed by atoms with Crippen LogP contribution >= 0.6 is 12.4 Å². The smallest absolute Gasteiger partial charge is 0.225 e. The highest BCUT2D eigenvalue weighted by Gasteiger charge is 2.41. The number of fused-ring (bicyclic) bond motifs is 2. The largest absolute Gasteiger partial charge is 0.341 e. The van der Waals surface area contributed by atoms with Crippen molar-refractivity contribution in [3.63, 3.8) is 0 Å². The third kappa shape index (κ3) is 3.64. The third-order valence-corrected chi connectivity index (χ3v) is 5.40. The molecule has 2 aliphatic rings. The molecule has 2 N–H and O–H groups in total. The van der Waals surface area contributed by atoms with Crippen LogP contribution in [-0.4, -0.2) is 23.9 Å². The number of nitrogens with zero attached hydrogens (tertiary/aromatic N) is 1. The van der Waals surface area contributed by atoms with E-state index in [2.05, 4.69) is 12.1 Å². The van der Waals surface area contributed by atoms with Crippen molar-refractivity contribution in [1.82, 2.24) is 4.90 Å². The zero-order valence-corrected chi connectivity index (χ0v) is 14.1. The Kier molecular flexibility index (Phi) is 5.87. The van der Waals surface area contributed by atoms with E-state index in [0.717, 1.165) is 12.8 Å². The van der Waals surface area contributed by atoms with E-state index in [-0.39, 0.29) is 18.3 Å². The monoisotopic (exact) mass is 322 g/mol. The van der Waals surface area contributed by atoms with Gasteiger partial charge in [-0.1, -0.05) is 36.8 Å². The number of carbonyl (C=O) groups is 1. The number of amides is 1. The van der Waals surface area contributed by atoms with E-state index in [1.807, 2.05) is 30.1 Å². The molecule has 2 atom stereocenters. The molecule has 2 aliphatic carbocycles. The van der Waals surface area contributed by atoms with Crippen molar-refractivity contribution in [2.75, 3.05) is 7.05 Å². The third-order valence-electron chi connectivity index (χ3n) is 5.40. The van der Waals surface area contributed by atoms with Crippen LogP contribution in [0.1, 0.15) is 37.7 Å². The second-order valence-electron chi connectivity index (χ2n) is 6.88. The number of nitrogens with two attached hydrogens (primary N) is 1. The molecule has 4 heteroatoms. The lowest BCUT2D eigenvalue weighted by molar-refractivity contribution is -0.137. The van der Waals surface area contributed by atoms with Crippen molar-refractivity contribution in [2.24, 2.45) is 23.5 Å². The van der Waals surface area contributed by atoms with E-state index in [4.69, 9.17) is 5.73 Å². The summed E-state index contributed by atoms with van der Waals surface area (Å²) in [6.45, 7) is 0.706. The molecule has 0 saturated heterocycles. The molecule has 0 heterocycles. The topological polar surface area (TPSA) is 46.3 Å². The van der Waals surface area contributed by atoms with Gasteiger partial charge >= 0.3 is 0 Å². The quantitative estimate of drug-likeness (QED) is 0.928. The van der Waals surface area contributed by atoms with E-state index in [9.17, 15) is 4.79 Å². The molecule has 1 aromatic carbocycles. The van der Waals surface area contributed by atoms with Gasteiger partial charge in [-0.2, -0.15) is 0 Å². The summed E-state index contributed by atoms with van der Waals surface area (Å²) < 4.78 is 0. The number of rotatable bonds is 3. The first-order chi connectivity index (χ1) is 10.1. The molecule has 3 rings (SSSR count). The minimum absolute atomic E-state index is 0. The van der Waals surface area contributed by atoms with Gasteiger partial charge in [0.25, 0.3) is 0 Å². The standard InChI is InChI=1S/C18H26N2O.ClH/c1-20(12-13-6-3-2-4-7-13)18(21)16-10-14-8-5-9-15(11-16)17(14)19;/h2-4,6-7,14-17H,5,8-12,19H2,1H3;1H. The van der Waals surface area contributed by atoms with Crippen molar-refractivity contribution in [3.8, 4) is 0 Å². The number of hydrogen-bond acceptors (Lipinski definition) is 2. The SMILES string of the molecule is CN(Cc1ccccc1)C(=O)C1CC2CCCC(C1)C2N.Cl. The van der Waals surface area contributed by atoms with Crippen molar-refractivity contribution >= 4 is 18.3 Å². The summed E-state index contributed by atoms with van der Waals surface area (Å²) in [6.07, 6.45) is 5.71. The first-order valence-corrected chi connectivity index (χ1v) is 8.19. The van der Waals surface area contributed by atoms with Gasteiger partial charge < -0.3 is 10.6 Å². The molecule has 0 radical (unpaired) electrons. The van der Waals surface area contributed by atoms with Crippen LogP contribution in [0.4, 0.5) is 0 Å². The fourth-order valence-corrected chi connectivity index (χ4v) is 4.24. The molecular formula is C18H27ClN2O. The summed E-state index contributed by atoms with van der Waals surface area (Å²) in [5.41, 5.74) is 7.52. The van der Waals surface area contributed by atoms with Gasteiger partial charge in [-0.3, -0.25) is 4.79 Å². The van der Waals surface area contributed by atoms with Gasteiger partial charge in [-0.05, 0) is 43.1 Å². The Bertz CT molecular complexity index is 479. The molecule has 0 aliphatic heterocycles. The van der Waals surface area contributed by atoms with Crippen LogP contribution in [0.5, 0.6) is 0 Å². The van der Waals surface area contributed by atoms with Gasteiger partial charge in [0.15, 0.2) is 0 Å². The molecule has 2 saturated carbocycles. The Morgan fingerprint density at radius 3 is 2.36 bits per heavy atom. The van der Waals surface area contributed by atoms with Crippen LogP contribution < -0.4 is 5.73 Å². The Hall–Kier alpha value is -1.06. The van der Waals surface area contributed by atoms with Crippen LogP contribution in [0.25, 0.3) is 0 Å². The lowest BCUT2D eigenvalue weighted by Gasteiger charge is -2.44. The predicted molar refractivity (Wildman–Crippen MR) is 91.7 cm³/mol. The number of carbonyl (C=O) groups excluding carboxylic acids is 1. The molecule has 22 heavy (non-hydrogen) atoms. The van der Waals surface area contributed by atoms with Gasteiger partial charge in [0.05, 0.1) is 0 Å². The van der Waals surface area contributed by atoms with Gasteiger partial charge in [-0.15, -0.1) is 12.4 Å². The maximum Gasteiger partial charge on any atom is 0.225 e. The van der Waals surface area contributed by atoms with Crippen molar-refractivity contribution in [3.05, 3.63) is 35.9 Å². The zero-order chi connectivity index (χ0) is 14.8. The summed E-state index contributed by atoms with van der Waals surface area (Å²) in [6, 6.07) is 10.6. The van der Waals surface area contributed by atoms with E-state index in [0.29, 0.717) is 30.3 Å². The van der Waals surface area contributed by atoms with Crippen LogP contribution in [0.15, 0.2) is 30.3 Å². The van der Waals surface area contributed by atoms with Crippen LogP contribution in [0.2, 0.25) is 0 Å². The molecule has 1 amide bonds. The van der Waals surface area contributed by atoms with E-state index in [1.54, 1.807) is 0 Å². The number of hydrogen-bond donors (Lipinski definition) is 1. The van der Waals surface area contributed by atoms with Gasteiger partial charge in [-0.25, -0.2) is 0 Å². The molecule has 2 bridgehead atoms. The first kappa shape index (κ1) is 17.3. The normalized spacial score (nSPS) is 30.3. The minimum Gasteiger partial charge on any atom is -0.341 e. The maximum atomic E-state index is 12.7. The van der Waals surface area contributed by atoms with Crippen LogP contribution in [0.3, 0.4) is 0 Å². The lowest BCUT2D eigenvalue weighted by Crippen LogP contribution is -2.49. The van der Waals surface area contributed by atoms with Crippen LogP contribution in [-0.2, 0) is 11.3 Å². The highest BCUT2D eigenvalue weighted by molar-refractivity contribution is 5.85. The predicted octanol–water partition coefficient (Wildman–Crippen LogP) is 3.22. The Morgan fingerprint density at radius 2 is 1.77 bits per heavy atom. The maximum absolute atomic E-state index is 12.7. The summed E-state index contributed by atoms with van der Waals surface area (Å²) >= 11 is 0. The fraction of sp³-hybridized carbons (Fsp3) is 0.611. The van der Waals surface area contributed by atoms with Crippen molar-refractivity contribution < 1.29 is 4.79 Å². The first-order valence-electron chi connectivity index (χ1n) is 8.19. The molecule has 1 aromatic rings. The number of halogens is 1. The van der Waals surface area contributed by atoms with E-state index >= 15 is 0 Å². The highest BCUT2D eigenvalue weighted by Crippen LogP contribution is 2.42. The molecule has 0 spiro atoms. The number of benzene rings is 1. The molecule has 2 unspecified atom stereocenters. The van der Waals surface area contributed by atoms with E-state index in [1.165, 1.54) is 24.8 Å². The average molecular weight is 323 g/mol. The van der Waals surface area contributed by atoms with Gasteiger partial charge in [0, 0.05) is 25.6 Å². The van der Waals surface area contributed by atoms with Gasteiger partial charge in [0.2, 0.25) is 5.91 Å². The second-order valence-corrected chi connectivity index (χ2v) is 6.88. The summed E-state index contributed by atoms with van der Waals surface area (Å²) in [5.74, 6) is 1.63. The fourth-order valence-electron chi connectivity index (χ4n) is 4.24. The summed E-state index contributed by atoms with van der Waals surface area (Å²) in [4.78, 5) is 14.6. The lowest BCUT2D eigenvalue weighted by atomic mass is 9.65. The highest BCUT2D eigenvalue weighted by atomic mass is 35.5. The molecule has 0 aromatic heterocycles. The van der Waals surface area contributed by atoms with E-state index < -0.39 is 0 Å².